The second kappa shape index (κ2) is 4.89. The number of aliphatic carboxylic acids is 1. The first-order chi connectivity index (χ1) is 8.00. The van der Waals surface area contributed by atoms with Gasteiger partial charge in [0, 0.05) is 18.7 Å². The standard InChI is InChI=1S/C12H7I2NO2/c1-6(12(16)17)11-9-4-7(13)5-10(14)8(9)2-3-15-11/h2-5H,1H2,(H,16,17). The van der Waals surface area contributed by atoms with Gasteiger partial charge in [-0.05, 0) is 68.8 Å². The summed E-state index contributed by atoms with van der Waals surface area (Å²) in [7, 11) is 0. The van der Waals surface area contributed by atoms with E-state index in [1.165, 1.54) is 0 Å². The molecular weight excluding hydrogens is 444 g/mol. The predicted molar refractivity (Wildman–Crippen MR) is 83.8 cm³/mol. The molecule has 3 nitrogen and oxygen atoms in total. The van der Waals surface area contributed by atoms with E-state index in [4.69, 9.17) is 5.11 Å². The Labute approximate surface area is 125 Å². The molecule has 0 fully saturated rings. The van der Waals surface area contributed by atoms with Gasteiger partial charge in [0.25, 0.3) is 0 Å². The van der Waals surface area contributed by atoms with Crippen LogP contribution in [-0.4, -0.2) is 16.1 Å². The fourth-order valence-electron chi connectivity index (χ4n) is 1.55. The summed E-state index contributed by atoms with van der Waals surface area (Å²) in [6.07, 6.45) is 1.61. The molecule has 2 rings (SSSR count). The maximum Gasteiger partial charge on any atom is 0.337 e. The number of carbonyl (C=O) groups is 1. The van der Waals surface area contributed by atoms with Crippen LogP contribution < -0.4 is 0 Å². The van der Waals surface area contributed by atoms with E-state index < -0.39 is 5.97 Å². The zero-order valence-electron chi connectivity index (χ0n) is 8.58. The van der Waals surface area contributed by atoms with Gasteiger partial charge in [-0.2, -0.15) is 0 Å². The molecule has 1 aromatic carbocycles. The molecule has 0 aliphatic heterocycles. The maximum absolute atomic E-state index is 11.0. The van der Waals surface area contributed by atoms with Gasteiger partial charge in [-0.25, -0.2) is 4.79 Å². The number of fused-ring (bicyclic) bond motifs is 1. The minimum Gasteiger partial charge on any atom is -0.478 e. The molecule has 1 aromatic heterocycles. The summed E-state index contributed by atoms with van der Waals surface area (Å²) in [5.74, 6) is -1.04. The van der Waals surface area contributed by atoms with Crippen molar-refractivity contribution in [2.45, 2.75) is 0 Å². The van der Waals surface area contributed by atoms with Crippen LogP contribution in [0.25, 0.3) is 16.3 Å². The first-order valence-electron chi connectivity index (χ1n) is 4.67. The van der Waals surface area contributed by atoms with Crippen molar-refractivity contribution >= 4 is 67.5 Å². The summed E-state index contributed by atoms with van der Waals surface area (Å²) in [5, 5.41) is 10.8. The molecule has 0 aliphatic rings. The van der Waals surface area contributed by atoms with E-state index >= 15 is 0 Å². The van der Waals surface area contributed by atoms with Crippen molar-refractivity contribution < 1.29 is 9.90 Å². The molecule has 0 atom stereocenters. The summed E-state index contributed by atoms with van der Waals surface area (Å²) in [5.41, 5.74) is 0.458. The molecule has 2 aromatic rings. The van der Waals surface area contributed by atoms with Crippen molar-refractivity contribution in [2.24, 2.45) is 0 Å². The fraction of sp³-hybridized carbons (Fsp3) is 0. The second-order valence-electron chi connectivity index (χ2n) is 3.43. The van der Waals surface area contributed by atoms with Crippen LogP contribution in [0.1, 0.15) is 5.69 Å². The molecule has 0 radical (unpaired) electrons. The Hall–Kier alpha value is -0.700. The quantitative estimate of drug-likeness (QED) is 0.562. The Balaban J connectivity index is 2.81. The van der Waals surface area contributed by atoms with Gasteiger partial charge in [0.15, 0.2) is 0 Å². The Morgan fingerprint density at radius 3 is 2.65 bits per heavy atom. The van der Waals surface area contributed by atoms with Gasteiger partial charge in [0.05, 0.1) is 11.3 Å². The number of benzene rings is 1. The molecule has 0 unspecified atom stereocenters. The second-order valence-corrected chi connectivity index (χ2v) is 5.83. The zero-order valence-corrected chi connectivity index (χ0v) is 12.9. The number of carboxylic acid groups (broad SMARTS) is 1. The van der Waals surface area contributed by atoms with E-state index in [1.54, 1.807) is 6.20 Å². The monoisotopic (exact) mass is 451 g/mol. The van der Waals surface area contributed by atoms with Crippen LogP contribution in [0.5, 0.6) is 0 Å². The highest BCUT2D eigenvalue weighted by Gasteiger charge is 2.13. The van der Waals surface area contributed by atoms with Gasteiger partial charge >= 0.3 is 5.97 Å². The Morgan fingerprint density at radius 2 is 2.00 bits per heavy atom. The van der Waals surface area contributed by atoms with Gasteiger partial charge in [0.1, 0.15) is 0 Å². The van der Waals surface area contributed by atoms with Crippen molar-refractivity contribution in [1.82, 2.24) is 4.98 Å². The van der Waals surface area contributed by atoms with Crippen LogP contribution in [0.2, 0.25) is 0 Å². The van der Waals surface area contributed by atoms with Crippen molar-refractivity contribution in [3.05, 3.63) is 43.8 Å². The van der Waals surface area contributed by atoms with Crippen LogP contribution in [0, 0.1) is 7.14 Å². The number of aromatic nitrogens is 1. The van der Waals surface area contributed by atoms with E-state index in [-0.39, 0.29) is 5.57 Å². The molecule has 0 bridgehead atoms. The van der Waals surface area contributed by atoms with Gasteiger partial charge in [0.2, 0.25) is 0 Å². The largest absolute Gasteiger partial charge is 0.478 e. The Morgan fingerprint density at radius 1 is 1.29 bits per heavy atom. The van der Waals surface area contributed by atoms with Crippen LogP contribution in [0.3, 0.4) is 0 Å². The number of pyridine rings is 1. The highest BCUT2D eigenvalue weighted by Crippen LogP contribution is 2.28. The first kappa shape index (κ1) is 12.7. The molecule has 86 valence electrons. The number of nitrogens with zero attached hydrogens (tertiary/aromatic N) is 1. The average molecular weight is 451 g/mol. The Bertz CT molecular complexity index is 638. The SMILES string of the molecule is C=C(C(=O)O)c1nccc2c(I)cc(I)cc12. The summed E-state index contributed by atoms with van der Waals surface area (Å²) < 4.78 is 2.12. The van der Waals surface area contributed by atoms with Gasteiger partial charge in [-0.1, -0.05) is 6.58 Å². The predicted octanol–water partition coefficient (Wildman–Crippen LogP) is 3.54. The summed E-state index contributed by atoms with van der Waals surface area (Å²) in [6.45, 7) is 3.57. The van der Waals surface area contributed by atoms with E-state index in [1.807, 2.05) is 18.2 Å². The molecule has 0 amide bonds. The summed E-state index contributed by atoms with van der Waals surface area (Å²) >= 11 is 4.43. The lowest BCUT2D eigenvalue weighted by Crippen LogP contribution is -2.01. The average Bonchev–Trinajstić information content (AvgIpc) is 2.27. The van der Waals surface area contributed by atoms with Crippen molar-refractivity contribution in [3.63, 3.8) is 0 Å². The van der Waals surface area contributed by atoms with Crippen molar-refractivity contribution in [2.75, 3.05) is 0 Å². The van der Waals surface area contributed by atoms with E-state index in [9.17, 15) is 4.79 Å². The topological polar surface area (TPSA) is 50.2 Å². The highest BCUT2D eigenvalue weighted by molar-refractivity contribution is 14.1. The molecule has 0 spiro atoms. The number of halogens is 2. The summed E-state index contributed by atoms with van der Waals surface area (Å²) in [4.78, 5) is 15.1. The van der Waals surface area contributed by atoms with E-state index in [2.05, 4.69) is 56.7 Å². The molecule has 5 heteroatoms. The lowest BCUT2D eigenvalue weighted by atomic mass is 10.1. The number of hydrogen-bond acceptors (Lipinski definition) is 2. The van der Waals surface area contributed by atoms with Crippen LogP contribution in [-0.2, 0) is 4.79 Å². The number of rotatable bonds is 2. The smallest absolute Gasteiger partial charge is 0.337 e. The van der Waals surface area contributed by atoms with Crippen LogP contribution in [0.15, 0.2) is 31.0 Å². The van der Waals surface area contributed by atoms with Crippen LogP contribution in [0.4, 0.5) is 0 Å². The third-order valence-corrected chi connectivity index (χ3v) is 3.85. The third kappa shape index (κ3) is 2.44. The van der Waals surface area contributed by atoms with Crippen molar-refractivity contribution in [1.29, 1.82) is 0 Å². The minimum atomic E-state index is -1.04. The van der Waals surface area contributed by atoms with Gasteiger partial charge < -0.3 is 5.11 Å². The normalized spacial score (nSPS) is 10.5. The van der Waals surface area contributed by atoms with E-state index in [0.717, 1.165) is 17.9 Å². The van der Waals surface area contributed by atoms with Gasteiger partial charge in [-0.3, -0.25) is 4.98 Å². The van der Waals surface area contributed by atoms with Crippen LogP contribution >= 0.6 is 45.2 Å². The highest BCUT2D eigenvalue weighted by atomic mass is 127. The van der Waals surface area contributed by atoms with E-state index in [0.29, 0.717) is 5.69 Å². The first-order valence-corrected chi connectivity index (χ1v) is 6.83. The van der Waals surface area contributed by atoms with Crippen molar-refractivity contribution in [3.8, 4) is 0 Å². The molecule has 1 heterocycles. The zero-order chi connectivity index (χ0) is 12.6. The molecular formula is C12H7I2NO2. The number of hydrogen-bond donors (Lipinski definition) is 1. The van der Waals surface area contributed by atoms with Gasteiger partial charge in [-0.15, -0.1) is 0 Å². The Kier molecular flexibility index (Phi) is 3.67. The molecule has 0 aliphatic carbocycles. The molecule has 17 heavy (non-hydrogen) atoms. The maximum atomic E-state index is 11.0. The summed E-state index contributed by atoms with van der Waals surface area (Å²) in [6, 6.07) is 5.84. The molecule has 0 saturated heterocycles. The fourth-order valence-corrected chi connectivity index (χ4v) is 3.57. The lowest BCUT2D eigenvalue weighted by molar-refractivity contribution is -0.130. The lowest BCUT2D eigenvalue weighted by Gasteiger charge is -2.07. The third-order valence-electron chi connectivity index (χ3n) is 2.34. The molecule has 0 saturated carbocycles. The number of carboxylic acids is 1. The minimum absolute atomic E-state index is 0.0217. The molecule has 1 N–H and O–H groups in total.